The van der Waals surface area contributed by atoms with Crippen LogP contribution in [0.4, 0.5) is 0 Å². The number of halogens is 1. The summed E-state index contributed by atoms with van der Waals surface area (Å²) in [5.74, 6) is -0.389. The maximum absolute atomic E-state index is 11.3. The molecule has 72 valence electrons. The summed E-state index contributed by atoms with van der Waals surface area (Å²) in [7, 11) is 1.34. The Balaban J connectivity index is 2.64. The third-order valence-electron chi connectivity index (χ3n) is 1.91. The van der Waals surface area contributed by atoms with Crippen LogP contribution in [-0.4, -0.2) is 23.0 Å². The molecule has 0 amide bonds. The van der Waals surface area contributed by atoms with Gasteiger partial charge in [-0.1, -0.05) is 11.6 Å². The van der Waals surface area contributed by atoms with Gasteiger partial charge in [-0.05, 0) is 12.1 Å². The first-order valence-corrected chi connectivity index (χ1v) is 4.32. The van der Waals surface area contributed by atoms with Crippen molar-refractivity contribution in [3.8, 4) is 0 Å². The van der Waals surface area contributed by atoms with Crippen LogP contribution >= 0.6 is 11.6 Å². The molecule has 0 bridgehead atoms. The fourth-order valence-electron chi connectivity index (χ4n) is 1.26. The van der Waals surface area contributed by atoms with E-state index < -0.39 is 0 Å². The molecule has 0 aromatic carbocycles. The van der Waals surface area contributed by atoms with E-state index >= 15 is 0 Å². The van der Waals surface area contributed by atoms with Crippen molar-refractivity contribution in [1.82, 2.24) is 9.97 Å². The molecule has 14 heavy (non-hydrogen) atoms. The predicted octanol–water partition coefficient (Wildman–Crippen LogP) is 2.00. The molecule has 1 N–H and O–H groups in total. The standard InChI is InChI=1S/C9H7ClN2O2/c1-14-9(13)6-4-11-8-5(6)2-3-7(10)12-8/h2-4H,1H3,(H,11,12). The zero-order chi connectivity index (χ0) is 10.1. The number of ether oxygens (including phenoxy) is 1. The number of pyridine rings is 1. The van der Waals surface area contributed by atoms with Gasteiger partial charge in [0, 0.05) is 11.6 Å². The SMILES string of the molecule is COC(=O)c1c[nH]c2nc(Cl)ccc12. The van der Waals surface area contributed by atoms with Crippen LogP contribution in [0.5, 0.6) is 0 Å². The van der Waals surface area contributed by atoms with Crippen molar-refractivity contribution in [2.24, 2.45) is 0 Å². The quantitative estimate of drug-likeness (QED) is 0.579. The number of carbonyl (C=O) groups is 1. The smallest absolute Gasteiger partial charge is 0.340 e. The van der Waals surface area contributed by atoms with Gasteiger partial charge in [0.25, 0.3) is 0 Å². The third kappa shape index (κ3) is 1.33. The highest BCUT2D eigenvalue weighted by Gasteiger charge is 2.12. The van der Waals surface area contributed by atoms with E-state index in [-0.39, 0.29) is 5.97 Å². The van der Waals surface area contributed by atoms with Gasteiger partial charge >= 0.3 is 5.97 Å². The lowest BCUT2D eigenvalue weighted by molar-refractivity contribution is 0.0603. The normalized spacial score (nSPS) is 10.4. The molecule has 4 nitrogen and oxygen atoms in total. The molecule has 0 atom stereocenters. The summed E-state index contributed by atoms with van der Waals surface area (Å²) in [5.41, 5.74) is 1.05. The van der Waals surface area contributed by atoms with Gasteiger partial charge in [0.05, 0.1) is 12.7 Å². The number of aromatic nitrogens is 2. The fourth-order valence-corrected chi connectivity index (χ4v) is 1.41. The molecule has 0 radical (unpaired) electrons. The molecular formula is C9H7ClN2O2. The molecule has 5 heteroatoms. The van der Waals surface area contributed by atoms with Crippen molar-refractivity contribution < 1.29 is 9.53 Å². The van der Waals surface area contributed by atoms with Crippen molar-refractivity contribution in [2.45, 2.75) is 0 Å². The number of nitrogens with one attached hydrogen (secondary N) is 1. The second-order valence-corrected chi connectivity index (χ2v) is 3.11. The Kier molecular flexibility index (Phi) is 2.13. The van der Waals surface area contributed by atoms with Crippen LogP contribution in [0.25, 0.3) is 11.0 Å². The highest BCUT2D eigenvalue weighted by atomic mass is 35.5. The Morgan fingerprint density at radius 1 is 1.57 bits per heavy atom. The minimum atomic E-state index is -0.389. The van der Waals surface area contributed by atoms with Crippen LogP contribution in [0.1, 0.15) is 10.4 Å². The lowest BCUT2D eigenvalue weighted by atomic mass is 10.2. The Bertz CT molecular complexity index is 493. The van der Waals surface area contributed by atoms with Crippen molar-refractivity contribution >= 4 is 28.6 Å². The van der Waals surface area contributed by atoms with E-state index in [9.17, 15) is 4.79 Å². The van der Waals surface area contributed by atoms with Crippen LogP contribution in [0.3, 0.4) is 0 Å². The molecule has 2 heterocycles. The first-order chi connectivity index (χ1) is 6.72. The van der Waals surface area contributed by atoms with Gasteiger partial charge in [0.2, 0.25) is 0 Å². The molecule has 0 aliphatic carbocycles. The monoisotopic (exact) mass is 210 g/mol. The molecule has 0 fully saturated rings. The number of esters is 1. The number of methoxy groups -OCH3 is 1. The molecule has 0 spiro atoms. The van der Waals surface area contributed by atoms with Crippen LogP contribution in [0.15, 0.2) is 18.3 Å². The van der Waals surface area contributed by atoms with E-state index in [1.807, 2.05) is 0 Å². The minimum Gasteiger partial charge on any atom is -0.465 e. The third-order valence-corrected chi connectivity index (χ3v) is 2.12. The molecule has 0 saturated heterocycles. The number of fused-ring (bicyclic) bond motifs is 1. The van der Waals surface area contributed by atoms with E-state index in [4.69, 9.17) is 11.6 Å². The molecule has 0 aliphatic rings. The molecular weight excluding hydrogens is 204 g/mol. The topological polar surface area (TPSA) is 55.0 Å². The molecule has 0 saturated carbocycles. The average molecular weight is 211 g/mol. The second-order valence-electron chi connectivity index (χ2n) is 2.72. The Morgan fingerprint density at radius 2 is 2.36 bits per heavy atom. The second kappa shape index (κ2) is 3.31. The van der Waals surface area contributed by atoms with Gasteiger partial charge < -0.3 is 9.72 Å². The van der Waals surface area contributed by atoms with Crippen molar-refractivity contribution in [1.29, 1.82) is 0 Å². The van der Waals surface area contributed by atoms with E-state index in [2.05, 4.69) is 14.7 Å². The summed E-state index contributed by atoms with van der Waals surface area (Å²) in [6, 6.07) is 3.36. The van der Waals surface area contributed by atoms with E-state index in [0.29, 0.717) is 21.7 Å². The number of carbonyl (C=O) groups excluding carboxylic acids is 1. The zero-order valence-corrected chi connectivity index (χ0v) is 8.13. The van der Waals surface area contributed by atoms with Gasteiger partial charge in [0.1, 0.15) is 10.8 Å². The van der Waals surface area contributed by atoms with Gasteiger partial charge in [-0.15, -0.1) is 0 Å². The first-order valence-electron chi connectivity index (χ1n) is 3.94. The number of H-pyrrole nitrogens is 1. The van der Waals surface area contributed by atoms with Gasteiger partial charge in [-0.3, -0.25) is 0 Å². The molecule has 0 aliphatic heterocycles. The Labute approximate surface area is 84.9 Å². The lowest BCUT2D eigenvalue weighted by Crippen LogP contribution is -1.99. The summed E-state index contributed by atoms with van der Waals surface area (Å²) < 4.78 is 4.61. The highest BCUT2D eigenvalue weighted by Crippen LogP contribution is 2.19. The van der Waals surface area contributed by atoms with Crippen LogP contribution in [0, 0.1) is 0 Å². The summed E-state index contributed by atoms with van der Waals surface area (Å²) in [5, 5.41) is 1.09. The summed E-state index contributed by atoms with van der Waals surface area (Å²) in [6.45, 7) is 0. The number of hydrogen-bond acceptors (Lipinski definition) is 3. The maximum Gasteiger partial charge on any atom is 0.340 e. The largest absolute Gasteiger partial charge is 0.465 e. The number of rotatable bonds is 1. The predicted molar refractivity (Wildman–Crippen MR) is 52.4 cm³/mol. The Morgan fingerprint density at radius 3 is 3.07 bits per heavy atom. The van der Waals surface area contributed by atoms with Crippen LogP contribution < -0.4 is 0 Å². The molecule has 2 aromatic heterocycles. The fraction of sp³-hybridized carbons (Fsp3) is 0.111. The van der Waals surface area contributed by atoms with Crippen molar-refractivity contribution in [2.75, 3.05) is 7.11 Å². The van der Waals surface area contributed by atoms with E-state index in [0.717, 1.165) is 0 Å². The van der Waals surface area contributed by atoms with E-state index in [1.165, 1.54) is 7.11 Å². The summed E-state index contributed by atoms with van der Waals surface area (Å²) in [4.78, 5) is 18.1. The number of nitrogens with zero attached hydrogens (tertiary/aromatic N) is 1. The van der Waals surface area contributed by atoms with Crippen molar-refractivity contribution in [3.63, 3.8) is 0 Å². The van der Waals surface area contributed by atoms with E-state index in [1.54, 1.807) is 18.3 Å². The molecule has 0 unspecified atom stereocenters. The van der Waals surface area contributed by atoms with Gasteiger partial charge in [0.15, 0.2) is 0 Å². The van der Waals surface area contributed by atoms with Gasteiger partial charge in [-0.25, -0.2) is 9.78 Å². The Hall–Kier alpha value is -1.55. The van der Waals surface area contributed by atoms with Crippen molar-refractivity contribution in [3.05, 3.63) is 29.0 Å². The number of aromatic amines is 1. The van der Waals surface area contributed by atoms with Gasteiger partial charge in [-0.2, -0.15) is 0 Å². The average Bonchev–Trinajstić information content (AvgIpc) is 2.59. The first kappa shape index (κ1) is 9.02. The molecule has 2 rings (SSSR count). The number of hydrogen-bond donors (Lipinski definition) is 1. The van der Waals surface area contributed by atoms with Crippen LogP contribution in [0.2, 0.25) is 5.15 Å². The molecule has 2 aromatic rings. The van der Waals surface area contributed by atoms with Crippen LogP contribution in [-0.2, 0) is 4.74 Å². The lowest BCUT2D eigenvalue weighted by Gasteiger charge is -1.95. The zero-order valence-electron chi connectivity index (χ0n) is 7.37. The minimum absolute atomic E-state index is 0.385. The summed E-state index contributed by atoms with van der Waals surface area (Å²) >= 11 is 5.69. The summed E-state index contributed by atoms with van der Waals surface area (Å²) in [6.07, 6.45) is 1.56. The highest BCUT2D eigenvalue weighted by molar-refractivity contribution is 6.29. The maximum atomic E-state index is 11.3.